The summed E-state index contributed by atoms with van der Waals surface area (Å²) in [5, 5.41) is 0. The molecule has 0 spiro atoms. The Morgan fingerprint density at radius 2 is 2.47 bits per heavy atom. The van der Waals surface area contributed by atoms with E-state index in [1.807, 2.05) is 6.08 Å². The van der Waals surface area contributed by atoms with Gasteiger partial charge in [0.2, 0.25) is 0 Å². The van der Waals surface area contributed by atoms with Gasteiger partial charge in [0.1, 0.15) is 17.6 Å². The van der Waals surface area contributed by atoms with E-state index in [1.54, 1.807) is 6.07 Å². The van der Waals surface area contributed by atoms with E-state index in [4.69, 9.17) is 10.6 Å². The minimum atomic E-state index is -0.435. The van der Waals surface area contributed by atoms with E-state index in [1.165, 1.54) is 6.20 Å². The van der Waals surface area contributed by atoms with Gasteiger partial charge in [-0.2, -0.15) is 0 Å². The Balaban J connectivity index is 2.30. The number of aromatic nitrogens is 1. The normalized spacial score (nSPS) is 17.1. The van der Waals surface area contributed by atoms with Crippen molar-refractivity contribution in [1.29, 1.82) is 0 Å². The highest BCUT2D eigenvalue weighted by molar-refractivity contribution is 5.25. The second kappa shape index (κ2) is 4.37. The highest BCUT2D eigenvalue weighted by atomic mass is 19.1. The van der Waals surface area contributed by atoms with Gasteiger partial charge in [-0.15, -0.1) is 0 Å². The summed E-state index contributed by atoms with van der Waals surface area (Å²) in [5.74, 6) is 5.67. The van der Waals surface area contributed by atoms with Crippen LogP contribution in [0.3, 0.4) is 0 Å². The molecule has 0 radical (unpaired) electrons. The van der Waals surface area contributed by atoms with Gasteiger partial charge >= 0.3 is 0 Å². The molecule has 1 unspecified atom stereocenters. The predicted molar refractivity (Wildman–Crippen MR) is 52.9 cm³/mol. The summed E-state index contributed by atoms with van der Waals surface area (Å²) in [4.78, 5) is 3.68. The first-order chi connectivity index (χ1) is 7.33. The number of hydrogen-bond acceptors (Lipinski definition) is 4. The first-order valence-electron chi connectivity index (χ1n) is 4.71. The summed E-state index contributed by atoms with van der Waals surface area (Å²) >= 11 is 0. The van der Waals surface area contributed by atoms with Crippen LogP contribution < -0.4 is 11.3 Å². The number of hydrazine groups is 1. The number of ether oxygens (including phenoxy) is 1. The lowest BCUT2D eigenvalue weighted by Gasteiger charge is -2.17. The van der Waals surface area contributed by atoms with Crippen molar-refractivity contribution in [3.8, 4) is 0 Å². The molecule has 0 saturated carbocycles. The Morgan fingerprint density at radius 1 is 1.60 bits per heavy atom. The third kappa shape index (κ3) is 1.98. The topological polar surface area (TPSA) is 60.2 Å². The van der Waals surface area contributed by atoms with Crippen LogP contribution in [0, 0.1) is 5.82 Å². The smallest absolute Gasteiger partial charge is 0.146 e. The highest BCUT2D eigenvalue weighted by Crippen LogP contribution is 2.26. The van der Waals surface area contributed by atoms with Crippen LogP contribution in [0.5, 0.6) is 0 Å². The average molecular weight is 209 g/mol. The third-order valence-corrected chi connectivity index (χ3v) is 2.30. The summed E-state index contributed by atoms with van der Waals surface area (Å²) in [6, 6.07) is 1.15. The largest absolute Gasteiger partial charge is 0.496 e. The summed E-state index contributed by atoms with van der Waals surface area (Å²) in [6.07, 6.45) is 5.43. The lowest BCUT2D eigenvalue weighted by Crippen LogP contribution is -2.30. The van der Waals surface area contributed by atoms with Gasteiger partial charge in [-0.05, 0) is 12.1 Å². The van der Waals surface area contributed by atoms with E-state index in [0.717, 1.165) is 12.6 Å². The molecule has 5 heteroatoms. The second-order valence-electron chi connectivity index (χ2n) is 3.24. The van der Waals surface area contributed by atoms with Gasteiger partial charge in [0.25, 0.3) is 0 Å². The van der Waals surface area contributed by atoms with Crippen LogP contribution in [0.15, 0.2) is 30.3 Å². The van der Waals surface area contributed by atoms with Crippen molar-refractivity contribution in [3.63, 3.8) is 0 Å². The minimum absolute atomic E-state index is 0.392. The molecule has 1 aromatic rings. The molecule has 0 aliphatic carbocycles. The number of rotatable bonds is 3. The van der Waals surface area contributed by atoms with Crippen molar-refractivity contribution in [2.45, 2.75) is 12.5 Å². The van der Waals surface area contributed by atoms with Gasteiger partial charge in [0.15, 0.2) is 0 Å². The van der Waals surface area contributed by atoms with Gasteiger partial charge in [-0.1, -0.05) is 0 Å². The molecule has 1 aliphatic heterocycles. The van der Waals surface area contributed by atoms with Crippen LogP contribution in [-0.2, 0) is 4.74 Å². The Morgan fingerprint density at radius 3 is 3.07 bits per heavy atom. The lowest BCUT2D eigenvalue weighted by molar-refractivity contribution is 0.214. The van der Waals surface area contributed by atoms with Gasteiger partial charge in [-0.25, -0.2) is 9.82 Å². The van der Waals surface area contributed by atoms with E-state index in [0.29, 0.717) is 17.9 Å². The molecular formula is C10H12FN3O. The van der Waals surface area contributed by atoms with Crippen molar-refractivity contribution >= 4 is 0 Å². The first kappa shape index (κ1) is 10.1. The molecule has 3 N–H and O–H groups in total. The molecule has 1 atom stereocenters. The summed E-state index contributed by atoms with van der Waals surface area (Å²) < 4.78 is 18.8. The molecule has 2 rings (SSSR count). The number of nitrogens with one attached hydrogen (secondary N) is 1. The van der Waals surface area contributed by atoms with E-state index >= 15 is 0 Å². The molecule has 0 fully saturated rings. The van der Waals surface area contributed by atoms with Crippen molar-refractivity contribution < 1.29 is 9.13 Å². The molecule has 2 heterocycles. The standard InChI is InChI=1S/C10H12FN3O/c11-8-6-13-4-3-7(8)10(14-12)9-2-1-5-15-9/h2-4,6,10,14H,1,5,12H2. The molecular weight excluding hydrogens is 197 g/mol. The SMILES string of the molecule is NNC(C1=CCCO1)c1ccncc1F. The Kier molecular flexibility index (Phi) is 2.94. The lowest BCUT2D eigenvalue weighted by atomic mass is 10.1. The molecule has 80 valence electrons. The van der Waals surface area contributed by atoms with Crippen LogP contribution in [0.25, 0.3) is 0 Å². The number of nitrogens with zero attached hydrogens (tertiary/aromatic N) is 1. The monoisotopic (exact) mass is 209 g/mol. The van der Waals surface area contributed by atoms with Gasteiger partial charge in [-0.3, -0.25) is 10.8 Å². The molecule has 0 saturated heterocycles. The predicted octanol–water partition coefficient (Wildman–Crippen LogP) is 1.03. The molecule has 0 amide bonds. The summed E-state index contributed by atoms with van der Waals surface area (Å²) in [7, 11) is 0. The molecule has 0 aromatic carbocycles. The third-order valence-electron chi connectivity index (χ3n) is 2.30. The van der Waals surface area contributed by atoms with E-state index < -0.39 is 11.9 Å². The molecule has 15 heavy (non-hydrogen) atoms. The zero-order chi connectivity index (χ0) is 10.7. The van der Waals surface area contributed by atoms with E-state index in [2.05, 4.69) is 10.4 Å². The zero-order valence-corrected chi connectivity index (χ0v) is 8.11. The molecule has 1 aliphatic rings. The van der Waals surface area contributed by atoms with Gasteiger partial charge in [0.05, 0.1) is 12.8 Å². The molecule has 0 bridgehead atoms. The maximum absolute atomic E-state index is 13.4. The van der Waals surface area contributed by atoms with Crippen LogP contribution in [0.4, 0.5) is 4.39 Å². The van der Waals surface area contributed by atoms with Crippen LogP contribution in [0.1, 0.15) is 18.0 Å². The molecule has 4 nitrogen and oxygen atoms in total. The zero-order valence-electron chi connectivity index (χ0n) is 8.11. The minimum Gasteiger partial charge on any atom is -0.496 e. The Bertz CT molecular complexity index is 381. The van der Waals surface area contributed by atoms with Crippen molar-refractivity contribution in [2.75, 3.05) is 6.61 Å². The quantitative estimate of drug-likeness (QED) is 0.576. The maximum atomic E-state index is 13.4. The molecule has 1 aromatic heterocycles. The summed E-state index contributed by atoms with van der Waals surface area (Å²) in [6.45, 7) is 0.625. The summed E-state index contributed by atoms with van der Waals surface area (Å²) in [5.41, 5.74) is 2.99. The van der Waals surface area contributed by atoms with Crippen LogP contribution in [0.2, 0.25) is 0 Å². The Hall–Kier alpha value is -1.46. The number of halogens is 1. The maximum Gasteiger partial charge on any atom is 0.146 e. The average Bonchev–Trinajstić information content (AvgIpc) is 2.75. The van der Waals surface area contributed by atoms with Gasteiger partial charge < -0.3 is 4.74 Å². The van der Waals surface area contributed by atoms with Crippen LogP contribution in [-0.4, -0.2) is 11.6 Å². The fourth-order valence-corrected chi connectivity index (χ4v) is 1.58. The van der Waals surface area contributed by atoms with Crippen molar-refractivity contribution in [2.24, 2.45) is 5.84 Å². The Labute approximate surface area is 86.9 Å². The fraction of sp³-hybridized carbons (Fsp3) is 0.300. The first-order valence-corrected chi connectivity index (χ1v) is 4.71. The highest BCUT2D eigenvalue weighted by Gasteiger charge is 2.22. The van der Waals surface area contributed by atoms with Crippen molar-refractivity contribution in [1.82, 2.24) is 10.4 Å². The second-order valence-corrected chi connectivity index (χ2v) is 3.24. The number of hydrogen-bond donors (Lipinski definition) is 2. The fourth-order valence-electron chi connectivity index (χ4n) is 1.58. The van der Waals surface area contributed by atoms with E-state index in [-0.39, 0.29) is 0 Å². The number of pyridine rings is 1. The van der Waals surface area contributed by atoms with Gasteiger partial charge in [0, 0.05) is 18.2 Å². The number of nitrogens with two attached hydrogens (primary N) is 1. The van der Waals surface area contributed by atoms with Crippen LogP contribution >= 0.6 is 0 Å². The van der Waals surface area contributed by atoms with Crippen molar-refractivity contribution in [3.05, 3.63) is 41.7 Å². The van der Waals surface area contributed by atoms with E-state index in [9.17, 15) is 4.39 Å².